The number of benzene rings is 1. The Balaban J connectivity index is 1.67. The SMILES string of the molecule is COc1cc(SC)ccc1C(=O)OCC(=O)c1cc(C)n(CC2CCCO2)c1C. The summed E-state index contributed by atoms with van der Waals surface area (Å²) in [7, 11) is 1.50. The molecule has 1 aromatic carbocycles. The first-order valence-corrected chi connectivity index (χ1v) is 10.9. The van der Waals surface area contributed by atoms with Crippen LogP contribution in [0.4, 0.5) is 0 Å². The number of ether oxygens (including phenoxy) is 3. The van der Waals surface area contributed by atoms with Gasteiger partial charge in [-0.1, -0.05) is 0 Å². The van der Waals surface area contributed by atoms with Crippen LogP contribution in [0.1, 0.15) is 44.9 Å². The molecule has 1 aliphatic rings. The summed E-state index contributed by atoms with van der Waals surface area (Å²) in [5, 5.41) is 0. The van der Waals surface area contributed by atoms with Crippen molar-refractivity contribution in [3.05, 3.63) is 46.8 Å². The molecule has 1 atom stereocenters. The number of hydrogen-bond donors (Lipinski definition) is 0. The molecule has 0 bridgehead atoms. The Morgan fingerprint density at radius 3 is 2.69 bits per heavy atom. The number of ketones is 1. The van der Waals surface area contributed by atoms with E-state index >= 15 is 0 Å². The monoisotopic (exact) mass is 417 g/mol. The van der Waals surface area contributed by atoms with Crippen LogP contribution in [0.25, 0.3) is 0 Å². The minimum absolute atomic E-state index is 0.192. The smallest absolute Gasteiger partial charge is 0.342 e. The third kappa shape index (κ3) is 4.85. The van der Waals surface area contributed by atoms with Crippen LogP contribution < -0.4 is 4.74 Å². The van der Waals surface area contributed by atoms with Crippen LogP contribution in [0.15, 0.2) is 29.2 Å². The molecule has 1 unspecified atom stereocenters. The average molecular weight is 418 g/mol. The molecule has 0 spiro atoms. The summed E-state index contributed by atoms with van der Waals surface area (Å²) in [5.41, 5.74) is 2.77. The second-order valence-corrected chi connectivity index (χ2v) is 7.98. The van der Waals surface area contributed by atoms with Crippen LogP contribution in [0.3, 0.4) is 0 Å². The molecule has 7 heteroatoms. The number of aryl methyl sites for hydroxylation is 1. The van der Waals surface area contributed by atoms with E-state index in [0.29, 0.717) is 16.9 Å². The van der Waals surface area contributed by atoms with Crippen molar-refractivity contribution in [2.24, 2.45) is 0 Å². The lowest BCUT2D eigenvalue weighted by Gasteiger charge is -2.14. The second-order valence-electron chi connectivity index (χ2n) is 7.10. The van der Waals surface area contributed by atoms with Gasteiger partial charge in [0.1, 0.15) is 11.3 Å². The fourth-order valence-electron chi connectivity index (χ4n) is 3.61. The predicted octanol–water partition coefficient (Wildman–Crippen LogP) is 4.05. The standard InChI is InChI=1S/C22H27NO5S/c1-14-10-19(15(2)23(14)12-16-6-5-9-27-16)20(24)13-28-22(25)18-8-7-17(29-4)11-21(18)26-3/h7-8,10-11,16H,5-6,9,12-13H2,1-4H3. The van der Waals surface area contributed by atoms with Gasteiger partial charge in [-0.15, -0.1) is 11.8 Å². The normalized spacial score (nSPS) is 16.1. The van der Waals surface area contributed by atoms with E-state index in [4.69, 9.17) is 14.2 Å². The highest BCUT2D eigenvalue weighted by atomic mass is 32.2. The summed E-state index contributed by atoms with van der Waals surface area (Å²) in [4.78, 5) is 26.1. The Bertz CT molecular complexity index is 899. The molecule has 0 N–H and O–H groups in total. The van der Waals surface area contributed by atoms with Crippen molar-refractivity contribution in [2.75, 3.05) is 26.6 Å². The lowest BCUT2D eigenvalue weighted by Crippen LogP contribution is -2.18. The first-order chi connectivity index (χ1) is 13.9. The minimum Gasteiger partial charge on any atom is -0.496 e. The van der Waals surface area contributed by atoms with Crippen molar-refractivity contribution < 1.29 is 23.8 Å². The Morgan fingerprint density at radius 2 is 2.03 bits per heavy atom. The summed E-state index contributed by atoms with van der Waals surface area (Å²) < 4.78 is 18.4. The third-order valence-electron chi connectivity index (χ3n) is 5.25. The van der Waals surface area contributed by atoms with Gasteiger partial charge in [-0.25, -0.2) is 4.79 Å². The van der Waals surface area contributed by atoms with Crippen LogP contribution in [-0.2, 0) is 16.0 Å². The van der Waals surface area contributed by atoms with Crippen LogP contribution >= 0.6 is 11.8 Å². The summed E-state index contributed by atoms with van der Waals surface area (Å²) in [6.45, 7) is 5.12. The van der Waals surface area contributed by atoms with E-state index in [1.807, 2.05) is 32.2 Å². The Morgan fingerprint density at radius 1 is 1.24 bits per heavy atom. The minimum atomic E-state index is -0.573. The fraction of sp³-hybridized carbons (Fsp3) is 0.455. The summed E-state index contributed by atoms with van der Waals surface area (Å²) in [6, 6.07) is 7.12. The van der Waals surface area contributed by atoms with Gasteiger partial charge in [-0.05, 0) is 57.2 Å². The van der Waals surface area contributed by atoms with Gasteiger partial charge in [0.25, 0.3) is 0 Å². The number of methoxy groups -OCH3 is 1. The van der Waals surface area contributed by atoms with Gasteiger partial charge in [-0.3, -0.25) is 4.79 Å². The molecule has 2 heterocycles. The molecule has 3 rings (SSSR count). The van der Waals surface area contributed by atoms with Crippen molar-refractivity contribution in [1.29, 1.82) is 0 Å². The maximum Gasteiger partial charge on any atom is 0.342 e. The molecule has 2 aromatic rings. The maximum atomic E-state index is 12.7. The number of nitrogens with zero attached hydrogens (tertiary/aromatic N) is 1. The number of rotatable bonds is 8. The molecular weight excluding hydrogens is 390 g/mol. The quantitative estimate of drug-likeness (QED) is 0.367. The molecule has 0 saturated carbocycles. The number of aromatic nitrogens is 1. The number of thioether (sulfide) groups is 1. The van der Waals surface area contributed by atoms with Crippen molar-refractivity contribution in [3.63, 3.8) is 0 Å². The summed E-state index contributed by atoms with van der Waals surface area (Å²) >= 11 is 1.55. The molecule has 1 fully saturated rings. The van der Waals surface area contributed by atoms with Gasteiger partial charge in [-0.2, -0.15) is 0 Å². The van der Waals surface area contributed by atoms with E-state index < -0.39 is 5.97 Å². The molecule has 0 radical (unpaired) electrons. The van der Waals surface area contributed by atoms with Crippen LogP contribution in [0.5, 0.6) is 5.75 Å². The van der Waals surface area contributed by atoms with E-state index in [1.54, 1.807) is 23.9 Å². The van der Waals surface area contributed by atoms with Crippen LogP contribution in [0, 0.1) is 13.8 Å². The largest absolute Gasteiger partial charge is 0.496 e. The maximum absolute atomic E-state index is 12.7. The van der Waals surface area contributed by atoms with Crippen molar-refractivity contribution >= 4 is 23.5 Å². The molecule has 6 nitrogen and oxygen atoms in total. The van der Waals surface area contributed by atoms with Gasteiger partial charge < -0.3 is 18.8 Å². The Kier molecular flexibility index (Phi) is 7.03. The number of Topliss-reactive ketones (excluding diaryl/α,β-unsaturated/α-hetero) is 1. The van der Waals surface area contributed by atoms with Crippen molar-refractivity contribution in [2.45, 2.75) is 44.2 Å². The van der Waals surface area contributed by atoms with E-state index in [1.165, 1.54) is 7.11 Å². The van der Waals surface area contributed by atoms with E-state index in [0.717, 1.165) is 42.3 Å². The van der Waals surface area contributed by atoms with Crippen LogP contribution in [-0.4, -0.2) is 49.0 Å². The number of hydrogen-bond acceptors (Lipinski definition) is 6. The molecule has 0 aliphatic carbocycles. The third-order valence-corrected chi connectivity index (χ3v) is 5.97. The first kappa shape index (κ1) is 21.5. The van der Waals surface area contributed by atoms with Gasteiger partial charge in [0.2, 0.25) is 5.78 Å². The van der Waals surface area contributed by atoms with Gasteiger partial charge >= 0.3 is 5.97 Å². The summed E-state index contributed by atoms with van der Waals surface area (Å²) in [6.07, 6.45) is 4.25. The number of esters is 1. The van der Waals surface area contributed by atoms with E-state index in [9.17, 15) is 9.59 Å². The summed E-state index contributed by atoms with van der Waals surface area (Å²) in [5.74, 6) is -0.357. The molecular formula is C22H27NO5S. The number of carbonyl (C=O) groups excluding carboxylic acids is 2. The highest BCUT2D eigenvalue weighted by Crippen LogP contribution is 2.26. The lowest BCUT2D eigenvalue weighted by atomic mass is 10.1. The topological polar surface area (TPSA) is 66.8 Å². The molecule has 29 heavy (non-hydrogen) atoms. The number of carbonyl (C=O) groups is 2. The first-order valence-electron chi connectivity index (χ1n) is 9.65. The van der Waals surface area contributed by atoms with Crippen LogP contribution in [0.2, 0.25) is 0 Å². The van der Waals surface area contributed by atoms with Crippen molar-refractivity contribution in [3.8, 4) is 5.75 Å². The van der Waals surface area contributed by atoms with Gasteiger partial charge in [0.15, 0.2) is 6.61 Å². The Labute approximate surface area is 175 Å². The molecule has 1 aromatic heterocycles. The Hall–Kier alpha value is -2.25. The zero-order valence-electron chi connectivity index (χ0n) is 17.3. The van der Waals surface area contributed by atoms with E-state index in [-0.39, 0.29) is 18.5 Å². The second kappa shape index (κ2) is 9.50. The molecule has 156 valence electrons. The molecule has 1 aliphatic heterocycles. The zero-order valence-corrected chi connectivity index (χ0v) is 18.1. The zero-order chi connectivity index (χ0) is 21.0. The molecule has 1 saturated heterocycles. The highest BCUT2D eigenvalue weighted by molar-refractivity contribution is 7.98. The highest BCUT2D eigenvalue weighted by Gasteiger charge is 2.22. The van der Waals surface area contributed by atoms with Gasteiger partial charge in [0.05, 0.1) is 13.2 Å². The average Bonchev–Trinajstić information content (AvgIpc) is 3.35. The fourth-order valence-corrected chi connectivity index (χ4v) is 4.04. The van der Waals surface area contributed by atoms with Gasteiger partial charge in [0, 0.05) is 35.0 Å². The molecule has 0 amide bonds. The van der Waals surface area contributed by atoms with Crippen molar-refractivity contribution in [1.82, 2.24) is 4.57 Å². The predicted molar refractivity (Wildman–Crippen MR) is 112 cm³/mol. The van der Waals surface area contributed by atoms with E-state index in [2.05, 4.69) is 4.57 Å². The lowest BCUT2D eigenvalue weighted by molar-refractivity contribution is 0.0471.